The molecule has 0 saturated heterocycles. The lowest BCUT2D eigenvalue weighted by molar-refractivity contribution is 1.10. The number of hydrogen-bond donors (Lipinski definition) is 2. The predicted octanol–water partition coefficient (Wildman–Crippen LogP) is 7.08. The van der Waals surface area contributed by atoms with E-state index in [0.717, 1.165) is 22.5 Å². The molecule has 2 aromatic carbocycles. The summed E-state index contributed by atoms with van der Waals surface area (Å²) >= 11 is 3.64. The molecule has 4 nitrogen and oxygen atoms in total. The molecule has 0 spiro atoms. The molecule has 0 aliphatic carbocycles. The Kier molecular flexibility index (Phi) is 4.11. The minimum absolute atomic E-state index is 1.04. The Morgan fingerprint density at radius 3 is 1.70 bits per heavy atom. The van der Waals surface area contributed by atoms with Gasteiger partial charge in [0.1, 0.15) is 0 Å². The Morgan fingerprint density at radius 1 is 0.633 bits per heavy atom. The quantitative estimate of drug-likeness (QED) is 0.318. The summed E-state index contributed by atoms with van der Waals surface area (Å²) in [6, 6.07) is 19.3. The van der Waals surface area contributed by atoms with Crippen molar-refractivity contribution in [2.45, 2.75) is 0 Å². The maximum Gasteiger partial charge on any atom is 0.0924 e. The number of aromatic nitrogens is 4. The molecule has 0 atom stereocenters. The standard InChI is InChI=1S/C24H16N4S2/c1-5-17(21-9-10-27-28-21)6-2-15(1)19-12-29-24-20(13-30-23(19)24)16-3-7-18(8-4-16)22-11-25-14-26-22/h1-14H,(H,25,26)(H,27,28). The van der Waals surface area contributed by atoms with Crippen LogP contribution in [0, 0.1) is 0 Å². The number of rotatable bonds is 4. The molecule has 4 aromatic heterocycles. The Morgan fingerprint density at radius 2 is 1.20 bits per heavy atom. The van der Waals surface area contributed by atoms with E-state index in [1.807, 2.05) is 34.9 Å². The Hall–Kier alpha value is -3.48. The summed E-state index contributed by atoms with van der Waals surface area (Å²) < 4.78 is 2.70. The maximum atomic E-state index is 4.11. The van der Waals surface area contributed by atoms with E-state index in [4.69, 9.17) is 0 Å². The zero-order valence-electron chi connectivity index (χ0n) is 15.8. The summed E-state index contributed by atoms with van der Waals surface area (Å²) in [6.07, 6.45) is 5.34. The number of H-pyrrole nitrogens is 2. The average molecular weight is 425 g/mol. The van der Waals surface area contributed by atoms with Gasteiger partial charge in [0.15, 0.2) is 0 Å². The Balaban J connectivity index is 1.35. The molecule has 0 fully saturated rings. The summed E-state index contributed by atoms with van der Waals surface area (Å²) in [5, 5.41) is 11.6. The lowest BCUT2D eigenvalue weighted by Gasteiger charge is -2.02. The molecular formula is C24H16N4S2. The molecule has 0 aliphatic rings. The van der Waals surface area contributed by atoms with Crippen LogP contribution in [0.3, 0.4) is 0 Å². The number of thiophene rings is 2. The molecule has 0 amide bonds. The van der Waals surface area contributed by atoms with Crippen molar-refractivity contribution in [1.29, 1.82) is 0 Å². The van der Waals surface area contributed by atoms with E-state index in [9.17, 15) is 0 Å². The minimum Gasteiger partial charge on any atom is -0.345 e. The van der Waals surface area contributed by atoms with E-state index in [2.05, 4.69) is 79.5 Å². The number of fused-ring (bicyclic) bond motifs is 1. The first kappa shape index (κ1) is 17.4. The SMILES string of the molecule is c1cc(-c2ccc(-c3csc4c(-c5ccc(-c6cnc[nH]6)cc5)csc34)cc2)[nH]n1. The summed E-state index contributed by atoms with van der Waals surface area (Å²) in [7, 11) is 0. The second-order valence-corrected chi connectivity index (χ2v) is 8.81. The summed E-state index contributed by atoms with van der Waals surface area (Å²) in [5.74, 6) is 0. The van der Waals surface area contributed by atoms with Gasteiger partial charge in [0.05, 0.1) is 33.3 Å². The van der Waals surface area contributed by atoms with Gasteiger partial charge in [0.25, 0.3) is 0 Å². The van der Waals surface area contributed by atoms with Crippen molar-refractivity contribution in [3.05, 3.63) is 84.1 Å². The van der Waals surface area contributed by atoms with Crippen molar-refractivity contribution >= 4 is 32.1 Å². The van der Waals surface area contributed by atoms with Gasteiger partial charge in [0, 0.05) is 28.1 Å². The van der Waals surface area contributed by atoms with E-state index in [1.54, 1.807) is 12.5 Å². The smallest absolute Gasteiger partial charge is 0.0924 e. The van der Waals surface area contributed by atoms with Crippen LogP contribution in [0.5, 0.6) is 0 Å². The van der Waals surface area contributed by atoms with Crippen molar-refractivity contribution in [2.24, 2.45) is 0 Å². The molecule has 4 heterocycles. The third-order valence-corrected chi connectivity index (χ3v) is 7.45. The first-order chi connectivity index (χ1) is 14.9. The Labute approximate surface area is 180 Å². The number of benzene rings is 2. The van der Waals surface area contributed by atoms with Crippen LogP contribution in [-0.2, 0) is 0 Å². The van der Waals surface area contributed by atoms with Crippen LogP contribution >= 0.6 is 22.7 Å². The van der Waals surface area contributed by atoms with Gasteiger partial charge in [-0.25, -0.2) is 4.98 Å². The number of imidazole rings is 1. The lowest BCUT2D eigenvalue weighted by Crippen LogP contribution is -1.79. The Bertz CT molecular complexity index is 1290. The van der Waals surface area contributed by atoms with E-state index in [0.29, 0.717) is 0 Å². The lowest BCUT2D eigenvalue weighted by atomic mass is 10.0. The number of aromatic amines is 2. The minimum atomic E-state index is 1.04. The highest BCUT2D eigenvalue weighted by molar-refractivity contribution is 7.27. The van der Waals surface area contributed by atoms with Crippen molar-refractivity contribution in [3.63, 3.8) is 0 Å². The largest absolute Gasteiger partial charge is 0.345 e. The summed E-state index contributed by atoms with van der Waals surface area (Å²) in [5.41, 5.74) is 9.45. The predicted molar refractivity (Wildman–Crippen MR) is 126 cm³/mol. The van der Waals surface area contributed by atoms with Crippen LogP contribution in [0.4, 0.5) is 0 Å². The van der Waals surface area contributed by atoms with E-state index in [-0.39, 0.29) is 0 Å². The molecular weight excluding hydrogens is 408 g/mol. The molecule has 2 N–H and O–H groups in total. The van der Waals surface area contributed by atoms with Crippen molar-refractivity contribution < 1.29 is 0 Å². The van der Waals surface area contributed by atoms with E-state index in [1.165, 1.54) is 31.7 Å². The molecule has 6 aromatic rings. The molecule has 0 aliphatic heterocycles. The van der Waals surface area contributed by atoms with Crippen LogP contribution in [0.15, 0.2) is 84.1 Å². The molecule has 144 valence electrons. The van der Waals surface area contributed by atoms with E-state index < -0.39 is 0 Å². The molecule has 0 unspecified atom stereocenters. The van der Waals surface area contributed by atoms with Gasteiger partial charge in [-0.2, -0.15) is 5.10 Å². The molecule has 0 saturated carbocycles. The number of nitrogens with one attached hydrogen (secondary N) is 2. The fourth-order valence-corrected chi connectivity index (χ4v) is 6.17. The third-order valence-electron chi connectivity index (χ3n) is 5.30. The van der Waals surface area contributed by atoms with Crippen LogP contribution in [0.2, 0.25) is 0 Å². The highest BCUT2D eigenvalue weighted by Gasteiger charge is 2.14. The van der Waals surface area contributed by atoms with Crippen LogP contribution in [0.1, 0.15) is 0 Å². The van der Waals surface area contributed by atoms with Gasteiger partial charge in [-0.15, -0.1) is 22.7 Å². The summed E-state index contributed by atoms with van der Waals surface area (Å²) in [4.78, 5) is 7.27. The second-order valence-electron chi connectivity index (χ2n) is 7.05. The third kappa shape index (κ3) is 2.89. The molecule has 0 bridgehead atoms. The van der Waals surface area contributed by atoms with Gasteiger partial charge >= 0.3 is 0 Å². The van der Waals surface area contributed by atoms with E-state index >= 15 is 0 Å². The monoisotopic (exact) mass is 424 g/mol. The topological polar surface area (TPSA) is 57.4 Å². The first-order valence-corrected chi connectivity index (χ1v) is 11.3. The highest BCUT2D eigenvalue weighted by atomic mass is 32.1. The zero-order valence-corrected chi connectivity index (χ0v) is 17.4. The number of nitrogens with zero attached hydrogens (tertiary/aromatic N) is 2. The molecule has 30 heavy (non-hydrogen) atoms. The highest BCUT2D eigenvalue weighted by Crippen LogP contribution is 2.44. The fourth-order valence-electron chi connectivity index (χ4n) is 3.71. The van der Waals surface area contributed by atoms with Gasteiger partial charge in [0.2, 0.25) is 0 Å². The van der Waals surface area contributed by atoms with Gasteiger partial charge in [-0.1, -0.05) is 48.5 Å². The zero-order chi connectivity index (χ0) is 19.9. The van der Waals surface area contributed by atoms with Gasteiger partial charge in [-0.3, -0.25) is 5.10 Å². The fraction of sp³-hybridized carbons (Fsp3) is 0. The van der Waals surface area contributed by atoms with Crippen molar-refractivity contribution in [2.75, 3.05) is 0 Å². The molecule has 0 radical (unpaired) electrons. The average Bonchev–Trinajstić information content (AvgIpc) is 3.59. The summed E-state index contributed by atoms with van der Waals surface area (Å²) in [6.45, 7) is 0. The van der Waals surface area contributed by atoms with Crippen LogP contribution in [0.25, 0.3) is 54.2 Å². The second kappa shape index (κ2) is 7.09. The van der Waals surface area contributed by atoms with Crippen molar-refractivity contribution in [3.8, 4) is 44.8 Å². The van der Waals surface area contributed by atoms with Gasteiger partial charge in [-0.05, 0) is 28.3 Å². The van der Waals surface area contributed by atoms with Crippen LogP contribution in [-0.4, -0.2) is 20.2 Å². The van der Waals surface area contributed by atoms with Crippen LogP contribution < -0.4 is 0 Å². The maximum absolute atomic E-state index is 4.11. The van der Waals surface area contributed by atoms with Crippen molar-refractivity contribution in [1.82, 2.24) is 20.2 Å². The van der Waals surface area contributed by atoms with Gasteiger partial charge < -0.3 is 4.98 Å². The first-order valence-electron chi connectivity index (χ1n) is 9.55. The number of hydrogen-bond acceptors (Lipinski definition) is 4. The normalized spacial score (nSPS) is 11.3. The molecule has 6 heteroatoms. The molecule has 6 rings (SSSR count).